The number of benzene rings is 2. The van der Waals surface area contributed by atoms with Gasteiger partial charge in [0.25, 0.3) is 5.91 Å². The van der Waals surface area contributed by atoms with E-state index in [1.165, 1.54) is 0 Å². The van der Waals surface area contributed by atoms with Crippen LogP contribution in [0, 0.1) is 0 Å². The molecule has 0 spiro atoms. The van der Waals surface area contributed by atoms with Gasteiger partial charge in [-0.3, -0.25) is 4.79 Å². The van der Waals surface area contributed by atoms with Crippen LogP contribution >= 0.6 is 0 Å². The van der Waals surface area contributed by atoms with E-state index in [2.05, 4.69) is 14.9 Å². The fourth-order valence-corrected chi connectivity index (χ4v) is 2.39. The largest absolute Gasteiger partial charge is 0.492 e. The molecule has 0 unspecified atom stereocenters. The topological polar surface area (TPSA) is 94.5 Å². The summed E-state index contributed by atoms with van der Waals surface area (Å²) in [6.07, 6.45) is 0. The lowest BCUT2D eigenvalue weighted by atomic mass is 10.1. The van der Waals surface area contributed by atoms with Crippen LogP contribution in [-0.4, -0.2) is 41.3 Å². The van der Waals surface area contributed by atoms with Crippen LogP contribution in [0.25, 0.3) is 11.0 Å². The molecule has 1 aromatic heterocycles. The Morgan fingerprint density at radius 2 is 2.04 bits per heavy atom. The highest BCUT2D eigenvalue weighted by molar-refractivity contribution is 5.94. The van der Waals surface area contributed by atoms with Crippen molar-refractivity contribution in [3.63, 3.8) is 0 Å². The molecule has 0 radical (unpaired) electrons. The number of amides is 1. The minimum absolute atomic E-state index is 0.0911. The predicted molar refractivity (Wildman–Crippen MR) is 88.6 cm³/mol. The van der Waals surface area contributed by atoms with Crippen LogP contribution in [0.4, 0.5) is 0 Å². The van der Waals surface area contributed by atoms with Gasteiger partial charge in [-0.2, -0.15) is 0 Å². The van der Waals surface area contributed by atoms with Crippen LogP contribution in [0.1, 0.15) is 15.9 Å². The average molecular weight is 326 g/mol. The molecule has 1 amide bonds. The standard InChI is InChI=1S/C17H18N4O3/c1-21(11-12-5-6-15-16(9-12)20-24-19-15)17(22)13-3-2-4-14(10-13)23-8-7-18/h2-6,9-10H,7-8,11,18H2,1H3. The fraction of sp³-hybridized carbons (Fsp3) is 0.235. The molecule has 0 saturated carbocycles. The molecule has 2 N–H and O–H groups in total. The van der Waals surface area contributed by atoms with Crippen molar-refractivity contribution in [2.24, 2.45) is 5.73 Å². The number of fused-ring (bicyclic) bond motifs is 1. The van der Waals surface area contributed by atoms with Gasteiger partial charge in [-0.15, -0.1) is 0 Å². The van der Waals surface area contributed by atoms with E-state index in [9.17, 15) is 4.79 Å². The Kier molecular flexibility index (Phi) is 4.72. The second kappa shape index (κ2) is 7.10. The van der Waals surface area contributed by atoms with Gasteiger partial charge in [-0.05, 0) is 46.2 Å². The van der Waals surface area contributed by atoms with Crippen molar-refractivity contribution in [1.82, 2.24) is 15.2 Å². The second-order valence-corrected chi connectivity index (χ2v) is 5.41. The quantitative estimate of drug-likeness (QED) is 0.742. The van der Waals surface area contributed by atoms with E-state index in [0.717, 1.165) is 5.56 Å². The second-order valence-electron chi connectivity index (χ2n) is 5.41. The van der Waals surface area contributed by atoms with E-state index in [1.807, 2.05) is 18.2 Å². The van der Waals surface area contributed by atoms with E-state index in [4.69, 9.17) is 10.5 Å². The molecule has 0 fully saturated rings. The number of carbonyl (C=O) groups is 1. The summed E-state index contributed by atoms with van der Waals surface area (Å²) in [5.74, 6) is 0.543. The Hall–Kier alpha value is -2.93. The molecule has 2 aromatic carbocycles. The van der Waals surface area contributed by atoms with Gasteiger partial charge in [0, 0.05) is 25.7 Å². The lowest BCUT2D eigenvalue weighted by molar-refractivity contribution is 0.0784. The third-order valence-corrected chi connectivity index (χ3v) is 3.55. The van der Waals surface area contributed by atoms with E-state index in [0.29, 0.717) is 42.0 Å². The number of carbonyl (C=O) groups excluding carboxylic acids is 1. The zero-order valence-electron chi connectivity index (χ0n) is 13.3. The molecule has 0 aliphatic heterocycles. The number of ether oxygens (including phenoxy) is 1. The maximum atomic E-state index is 12.6. The Balaban J connectivity index is 1.71. The molecule has 1 heterocycles. The molecule has 7 nitrogen and oxygen atoms in total. The Bertz CT molecular complexity index is 846. The normalized spacial score (nSPS) is 10.8. The van der Waals surface area contributed by atoms with Gasteiger partial charge in [-0.1, -0.05) is 12.1 Å². The maximum absolute atomic E-state index is 12.6. The third kappa shape index (κ3) is 3.52. The van der Waals surface area contributed by atoms with Gasteiger partial charge in [0.2, 0.25) is 0 Å². The number of hydrogen-bond donors (Lipinski definition) is 1. The highest BCUT2D eigenvalue weighted by Gasteiger charge is 2.13. The zero-order chi connectivity index (χ0) is 16.9. The molecule has 124 valence electrons. The summed E-state index contributed by atoms with van der Waals surface area (Å²) in [4.78, 5) is 14.2. The first kappa shape index (κ1) is 15.9. The summed E-state index contributed by atoms with van der Waals surface area (Å²) in [6, 6.07) is 12.7. The fourth-order valence-electron chi connectivity index (χ4n) is 2.39. The van der Waals surface area contributed by atoms with E-state index < -0.39 is 0 Å². The third-order valence-electron chi connectivity index (χ3n) is 3.55. The summed E-state index contributed by atoms with van der Waals surface area (Å²) >= 11 is 0. The molecule has 7 heteroatoms. The minimum atomic E-state index is -0.0911. The van der Waals surface area contributed by atoms with Gasteiger partial charge in [0.05, 0.1) is 0 Å². The van der Waals surface area contributed by atoms with E-state index >= 15 is 0 Å². The number of aromatic nitrogens is 2. The zero-order valence-corrected chi connectivity index (χ0v) is 13.3. The highest BCUT2D eigenvalue weighted by Crippen LogP contribution is 2.17. The summed E-state index contributed by atoms with van der Waals surface area (Å²) in [5, 5.41) is 7.58. The molecule has 24 heavy (non-hydrogen) atoms. The molecular weight excluding hydrogens is 308 g/mol. The first-order valence-electron chi connectivity index (χ1n) is 7.57. The molecule has 0 atom stereocenters. The number of rotatable bonds is 6. The van der Waals surface area contributed by atoms with Crippen LogP contribution in [0.5, 0.6) is 5.75 Å². The smallest absolute Gasteiger partial charge is 0.254 e. The highest BCUT2D eigenvalue weighted by atomic mass is 16.6. The molecule has 3 aromatic rings. The summed E-state index contributed by atoms with van der Waals surface area (Å²) in [6.45, 7) is 1.30. The SMILES string of the molecule is CN(Cc1ccc2nonc2c1)C(=O)c1cccc(OCCN)c1. The first-order valence-corrected chi connectivity index (χ1v) is 7.57. The van der Waals surface area contributed by atoms with Crippen LogP contribution in [0.3, 0.4) is 0 Å². The van der Waals surface area contributed by atoms with Crippen molar-refractivity contribution in [3.8, 4) is 5.75 Å². The molecule has 3 rings (SSSR count). The van der Waals surface area contributed by atoms with Gasteiger partial charge >= 0.3 is 0 Å². The molecule has 0 aliphatic rings. The van der Waals surface area contributed by atoms with Crippen molar-refractivity contribution in [2.45, 2.75) is 6.54 Å². The summed E-state index contributed by atoms with van der Waals surface area (Å²) in [5.41, 5.74) is 8.30. The molecule has 0 aliphatic carbocycles. The Labute approximate surface area is 139 Å². The van der Waals surface area contributed by atoms with Crippen molar-refractivity contribution in [1.29, 1.82) is 0 Å². The van der Waals surface area contributed by atoms with Crippen LogP contribution in [-0.2, 0) is 6.54 Å². The van der Waals surface area contributed by atoms with Gasteiger partial charge < -0.3 is 15.4 Å². The van der Waals surface area contributed by atoms with Gasteiger partial charge in [0.15, 0.2) is 0 Å². The van der Waals surface area contributed by atoms with Crippen molar-refractivity contribution in [3.05, 3.63) is 53.6 Å². The number of nitrogens with two attached hydrogens (primary N) is 1. The molecular formula is C17H18N4O3. The lowest BCUT2D eigenvalue weighted by Crippen LogP contribution is -2.26. The van der Waals surface area contributed by atoms with E-state index in [1.54, 1.807) is 36.2 Å². The predicted octanol–water partition coefficient (Wildman–Crippen LogP) is 1.83. The molecule has 0 saturated heterocycles. The lowest BCUT2D eigenvalue weighted by Gasteiger charge is -2.17. The average Bonchev–Trinajstić information content (AvgIpc) is 3.07. The number of hydrogen-bond acceptors (Lipinski definition) is 6. The van der Waals surface area contributed by atoms with Gasteiger partial charge in [-0.25, -0.2) is 4.63 Å². The Morgan fingerprint density at radius 1 is 1.21 bits per heavy atom. The summed E-state index contributed by atoms with van der Waals surface area (Å²) < 4.78 is 10.1. The van der Waals surface area contributed by atoms with E-state index in [-0.39, 0.29) is 5.91 Å². The minimum Gasteiger partial charge on any atom is -0.492 e. The summed E-state index contributed by atoms with van der Waals surface area (Å²) in [7, 11) is 1.75. The van der Waals surface area contributed by atoms with Crippen molar-refractivity contribution in [2.75, 3.05) is 20.2 Å². The van der Waals surface area contributed by atoms with Crippen molar-refractivity contribution >= 4 is 16.9 Å². The van der Waals surface area contributed by atoms with Gasteiger partial charge in [0.1, 0.15) is 23.4 Å². The van der Waals surface area contributed by atoms with Crippen LogP contribution < -0.4 is 10.5 Å². The first-order chi connectivity index (χ1) is 11.7. The van der Waals surface area contributed by atoms with Crippen molar-refractivity contribution < 1.29 is 14.2 Å². The monoisotopic (exact) mass is 326 g/mol. The van der Waals surface area contributed by atoms with Crippen LogP contribution in [0.2, 0.25) is 0 Å². The number of nitrogens with zero attached hydrogens (tertiary/aromatic N) is 3. The van der Waals surface area contributed by atoms with Crippen LogP contribution in [0.15, 0.2) is 47.1 Å². The maximum Gasteiger partial charge on any atom is 0.254 e. The molecule has 0 bridgehead atoms. The Morgan fingerprint density at radius 3 is 2.88 bits per heavy atom.